The van der Waals surface area contributed by atoms with Gasteiger partial charge in [0.25, 0.3) is 0 Å². The molecule has 2 saturated heterocycles. The highest BCUT2D eigenvalue weighted by atomic mass is 32.2. The Balaban J connectivity index is 1.83. The Labute approximate surface area is 166 Å². The summed E-state index contributed by atoms with van der Waals surface area (Å²) in [7, 11) is -2.27. The van der Waals surface area contributed by atoms with Crippen LogP contribution in [0, 0.1) is 0 Å². The Morgan fingerprint density at radius 2 is 1.79 bits per heavy atom. The first-order chi connectivity index (χ1) is 13.4. The van der Waals surface area contributed by atoms with E-state index < -0.39 is 22.0 Å². The molecule has 1 aromatic rings. The molecule has 2 aliphatic rings. The normalized spacial score (nSPS) is 21.5. The van der Waals surface area contributed by atoms with Crippen LogP contribution in [-0.2, 0) is 26.6 Å². The van der Waals surface area contributed by atoms with Gasteiger partial charge in [-0.1, -0.05) is 12.8 Å². The van der Waals surface area contributed by atoms with E-state index in [-0.39, 0.29) is 23.1 Å². The fourth-order valence-corrected chi connectivity index (χ4v) is 5.72. The van der Waals surface area contributed by atoms with Gasteiger partial charge in [-0.2, -0.15) is 4.31 Å². The molecule has 0 aromatic carbocycles. The van der Waals surface area contributed by atoms with Crippen LogP contribution in [0.3, 0.4) is 0 Å². The maximum Gasteiger partial charge on any atom is 0.354 e. The van der Waals surface area contributed by atoms with E-state index >= 15 is 0 Å². The molecule has 0 aliphatic carbocycles. The van der Waals surface area contributed by atoms with Crippen LogP contribution in [0.25, 0.3) is 0 Å². The van der Waals surface area contributed by atoms with Crippen molar-refractivity contribution in [1.29, 1.82) is 0 Å². The van der Waals surface area contributed by atoms with Gasteiger partial charge in [-0.15, -0.1) is 0 Å². The number of aryl methyl sites for hydroxylation is 1. The predicted octanol–water partition coefficient (Wildman–Crippen LogP) is 1.76. The van der Waals surface area contributed by atoms with Gasteiger partial charge in [-0.3, -0.25) is 4.79 Å². The minimum absolute atomic E-state index is 0.0219. The lowest BCUT2D eigenvalue weighted by Gasteiger charge is -2.28. The van der Waals surface area contributed by atoms with Crippen LogP contribution in [0.2, 0.25) is 0 Å². The molecule has 0 radical (unpaired) electrons. The van der Waals surface area contributed by atoms with Crippen LogP contribution in [0.5, 0.6) is 0 Å². The van der Waals surface area contributed by atoms with Gasteiger partial charge in [0.15, 0.2) is 0 Å². The summed E-state index contributed by atoms with van der Waals surface area (Å²) in [5, 5.41) is 0. The lowest BCUT2D eigenvalue weighted by molar-refractivity contribution is -0.134. The van der Waals surface area contributed by atoms with Crippen molar-refractivity contribution in [2.75, 3.05) is 26.2 Å². The standard InChI is InChI=1S/C19H29N3O5S/c1-3-27-19(24)17-13-15(14-20(17)2)28(25,26)22-12-8-9-16(22)18(23)21-10-6-4-5-7-11-21/h13-14,16H,3-12H2,1-2H3/t16-/m0/s1. The molecule has 0 saturated carbocycles. The Morgan fingerprint density at radius 1 is 1.11 bits per heavy atom. The van der Waals surface area contributed by atoms with Crippen molar-refractivity contribution >= 4 is 21.9 Å². The smallest absolute Gasteiger partial charge is 0.354 e. The minimum atomic E-state index is -3.87. The number of amides is 1. The van der Waals surface area contributed by atoms with Crippen LogP contribution < -0.4 is 0 Å². The highest BCUT2D eigenvalue weighted by molar-refractivity contribution is 7.89. The molecule has 156 valence electrons. The zero-order valence-corrected chi connectivity index (χ0v) is 17.4. The first-order valence-corrected chi connectivity index (χ1v) is 11.4. The molecular formula is C19H29N3O5S. The third kappa shape index (κ3) is 4.10. The SMILES string of the molecule is CCOC(=O)c1cc(S(=O)(=O)N2CCC[C@H]2C(=O)N2CCCCCC2)cn1C. The molecule has 0 bridgehead atoms. The van der Waals surface area contributed by atoms with Gasteiger partial charge in [0.2, 0.25) is 15.9 Å². The zero-order valence-electron chi connectivity index (χ0n) is 16.6. The molecule has 0 N–H and O–H groups in total. The number of aromatic nitrogens is 1. The van der Waals surface area contributed by atoms with Crippen LogP contribution in [-0.4, -0.2) is 66.3 Å². The summed E-state index contributed by atoms with van der Waals surface area (Å²) in [5.41, 5.74) is 0.176. The van der Waals surface area contributed by atoms with Gasteiger partial charge in [0.05, 0.1) is 6.61 Å². The van der Waals surface area contributed by atoms with Crippen LogP contribution in [0.1, 0.15) is 55.9 Å². The van der Waals surface area contributed by atoms with Crippen molar-refractivity contribution < 1.29 is 22.7 Å². The quantitative estimate of drug-likeness (QED) is 0.689. The maximum atomic E-state index is 13.2. The van der Waals surface area contributed by atoms with Gasteiger partial charge in [-0.05, 0) is 38.7 Å². The molecular weight excluding hydrogens is 382 g/mol. The van der Waals surface area contributed by atoms with Crippen molar-refractivity contribution in [2.24, 2.45) is 7.05 Å². The summed E-state index contributed by atoms with van der Waals surface area (Å²) in [6, 6.07) is 0.674. The van der Waals surface area contributed by atoms with E-state index in [2.05, 4.69) is 0 Å². The van der Waals surface area contributed by atoms with Gasteiger partial charge < -0.3 is 14.2 Å². The number of esters is 1. The topological polar surface area (TPSA) is 88.9 Å². The third-order valence-electron chi connectivity index (χ3n) is 5.48. The van der Waals surface area contributed by atoms with E-state index in [0.717, 1.165) is 25.7 Å². The first-order valence-electron chi connectivity index (χ1n) is 10.0. The lowest BCUT2D eigenvalue weighted by atomic mass is 10.2. The fourth-order valence-electron chi connectivity index (χ4n) is 4.00. The Hall–Kier alpha value is -1.87. The van der Waals surface area contributed by atoms with E-state index in [1.54, 1.807) is 14.0 Å². The molecule has 3 heterocycles. The predicted molar refractivity (Wildman–Crippen MR) is 103 cm³/mol. The van der Waals surface area contributed by atoms with Crippen molar-refractivity contribution in [3.63, 3.8) is 0 Å². The second-order valence-electron chi connectivity index (χ2n) is 7.41. The molecule has 1 aromatic heterocycles. The van der Waals surface area contributed by atoms with E-state index in [1.165, 1.54) is 21.1 Å². The number of carbonyl (C=O) groups excluding carboxylic acids is 2. The monoisotopic (exact) mass is 411 g/mol. The largest absolute Gasteiger partial charge is 0.461 e. The molecule has 0 spiro atoms. The highest BCUT2D eigenvalue weighted by Crippen LogP contribution is 2.29. The number of ether oxygens (including phenoxy) is 1. The molecule has 2 aliphatic heterocycles. The summed E-state index contributed by atoms with van der Waals surface area (Å²) in [5.74, 6) is -0.658. The second kappa shape index (κ2) is 8.65. The summed E-state index contributed by atoms with van der Waals surface area (Å²) < 4.78 is 34.2. The molecule has 28 heavy (non-hydrogen) atoms. The number of rotatable bonds is 5. The molecule has 0 unspecified atom stereocenters. The first kappa shape index (κ1) is 20.9. The van der Waals surface area contributed by atoms with Crippen LogP contribution in [0.15, 0.2) is 17.2 Å². The Morgan fingerprint density at radius 3 is 2.43 bits per heavy atom. The fraction of sp³-hybridized carbons (Fsp3) is 0.684. The van der Waals surface area contributed by atoms with Crippen molar-refractivity contribution in [3.05, 3.63) is 18.0 Å². The number of hydrogen-bond acceptors (Lipinski definition) is 5. The molecule has 3 rings (SSSR count). The number of hydrogen-bond donors (Lipinski definition) is 0. The number of nitrogens with zero attached hydrogens (tertiary/aromatic N) is 3. The summed E-state index contributed by atoms with van der Waals surface area (Å²) in [4.78, 5) is 26.9. The molecule has 1 amide bonds. The van der Waals surface area contributed by atoms with Gasteiger partial charge in [-0.25, -0.2) is 13.2 Å². The average molecular weight is 412 g/mol. The zero-order chi connectivity index (χ0) is 20.3. The average Bonchev–Trinajstić information content (AvgIpc) is 3.21. The Bertz CT molecular complexity index is 825. The van der Waals surface area contributed by atoms with Crippen molar-refractivity contribution in [2.45, 2.75) is 56.4 Å². The summed E-state index contributed by atoms with van der Waals surface area (Å²) in [6.45, 7) is 3.62. The molecule has 8 nitrogen and oxygen atoms in total. The molecule has 9 heteroatoms. The lowest BCUT2D eigenvalue weighted by Crippen LogP contribution is -2.48. The minimum Gasteiger partial charge on any atom is -0.461 e. The summed E-state index contributed by atoms with van der Waals surface area (Å²) in [6.07, 6.45) is 6.74. The van der Waals surface area contributed by atoms with Crippen LogP contribution in [0.4, 0.5) is 0 Å². The van der Waals surface area contributed by atoms with Gasteiger partial charge >= 0.3 is 5.97 Å². The molecule has 2 fully saturated rings. The number of carbonyl (C=O) groups is 2. The van der Waals surface area contributed by atoms with Crippen molar-refractivity contribution in [3.8, 4) is 0 Å². The third-order valence-corrected chi connectivity index (χ3v) is 7.35. The second-order valence-corrected chi connectivity index (χ2v) is 9.30. The van der Waals surface area contributed by atoms with E-state index in [4.69, 9.17) is 4.74 Å². The van der Waals surface area contributed by atoms with E-state index in [0.29, 0.717) is 32.5 Å². The maximum absolute atomic E-state index is 13.2. The number of sulfonamides is 1. The highest BCUT2D eigenvalue weighted by Gasteiger charge is 2.41. The molecule has 1 atom stereocenters. The van der Waals surface area contributed by atoms with E-state index in [1.807, 2.05) is 4.90 Å². The van der Waals surface area contributed by atoms with Gasteiger partial charge in [0, 0.05) is 32.9 Å². The summed E-state index contributed by atoms with van der Waals surface area (Å²) >= 11 is 0. The van der Waals surface area contributed by atoms with Crippen LogP contribution >= 0.6 is 0 Å². The van der Waals surface area contributed by atoms with Crippen molar-refractivity contribution in [1.82, 2.24) is 13.8 Å². The van der Waals surface area contributed by atoms with Gasteiger partial charge in [0.1, 0.15) is 16.6 Å². The number of likely N-dealkylation sites (tertiary alicyclic amines) is 1. The Kier molecular flexibility index (Phi) is 6.44. The van der Waals surface area contributed by atoms with E-state index in [9.17, 15) is 18.0 Å².